The highest BCUT2D eigenvalue weighted by Gasteiger charge is 2.64. The van der Waals surface area contributed by atoms with Crippen LogP contribution in [0, 0.1) is 17.8 Å². The third kappa shape index (κ3) is 3.73. The van der Waals surface area contributed by atoms with Gasteiger partial charge >= 0.3 is 6.18 Å². The molecule has 2 aromatic rings. The minimum Gasteiger partial charge on any atom is -0.324 e. The number of amides is 1. The van der Waals surface area contributed by atoms with Crippen molar-refractivity contribution in [3.8, 4) is 11.8 Å². The van der Waals surface area contributed by atoms with Crippen molar-refractivity contribution in [2.75, 3.05) is 5.32 Å². The predicted octanol–water partition coefficient (Wildman–Crippen LogP) is 4.66. The molecule has 3 nitrogen and oxygen atoms in total. The Morgan fingerprint density at radius 3 is 2.55 bits per heavy atom. The molecule has 1 fully saturated rings. The van der Waals surface area contributed by atoms with Gasteiger partial charge in [-0.15, -0.1) is 0 Å². The lowest BCUT2D eigenvalue weighted by Gasteiger charge is -2.42. The first kappa shape index (κ1) is 19.8. The van der Waals surface area contributed by atoms with Gasteiger partial charge < -0.3 is 5.32 Å². The number of benzene rings is 2. The van der Waals surface area contributed by atoms with Crippen LogP contribution in [-0.4, -0.2) is 18.1 Å². The molecule has 0 saturated heterocycles. The van der Waals surface area contributed by atoms with Crippen LogP contribution in [0.1, 0.15) is 24.0 Å². The number of hydrogen-bond acceptors (Lipinski definition) is 2. The minimum absolute atomic E-state index is 0.0587. The van der Waals surface area contributed by atoms with Crippen LogP contribution in [0.3, 0.4) is 0 Å². The summed E-state index contributed by atoms with van der Waals surface area (Å²) in [4.78, 5) is 12.8. The first-order valence-corrected chi connectivity index (χ1v) is 9.67. The Labute approximate surface area is 171 Å². The highest BCUT2D eigenvalue weighted by atomic mass is 35.5. The van der Waals surface area contributed by atoms with Gasteiger partial charge in [-0.05, 0) is 36.6 Å². The summed E-state index contributed by atoms with van der Waals surface area (Å²) in [5.41, 5.74) is -1.97. The average molecular weight is 419 g/mol. The summed E-state index contributed by atoms with van der Waals surface area (Å²) in [7, 11) is 0. The number of carbonyl (C=O) groups is 1. The highest BCUT2D eigenvalue weighted by molar-refractivity contribution is 6.30. The van der Waals surface area contributed by atoms with Crippen LogP contribution < -0.4 is 10.6 Å². The zero-order valence-electron chi connectivity index (χ0n) is 15.3. The van der Waals surface area contributed by atoms with E-state index >= 15 is 0 Å². The Hall–Kier alpha value is -2.49. The number of halogens is 4. The maximum absolute atomic E-state index is 14.7. The molecule has 0 unspecified atom stereocenters. The minimum atomic E-state index is -4.79. The van der Waals surface area contributed by atoms with Crippen molar-refractivity contribution in [3.63, 3.8) is 0 Å². The van der Waals surface area contributed by atoms with Gasteiger partial charge in [0.15, 0.2) is 5.41 Å². The number of fused-ring (bicyclic) bond motifs is 1. The number of nitrogens with one attached hydrogen (secondary N) is 2. The van der Waals surface area contributed by atoms with E-state index in [1.807, 2.05) is 6.07 Å². The Morgan fingerprint density at radius 2 is 1.90 bits per heavy atom. The molecule has 2 aliphatic rings. The van der Waals surface area contributed by atoms with Gasteiger partial charge in [0.05, 0.1) is 0 Å². The van der Waals surface area contributed by atoms with Crippen molar-refractivity contribution in [1.82, 2.24) is 5.32 Å². The van der Waals surface area contributed by atoms with Crippen LogP contribution >= 0.6 is 11.6 Å². The molecule has 0 radical (unpaired) electrons. The van der Waals surface area contributed by atoms with E-state index in [4.69, 9.17) is 11.6 Å². The summed E-state index contributed by atoms with van der Waals surface area (Å²) in [5.74, 6) is 4.41. The molecule has 1 aliphatic carbocycles. The summed E-state index contributed by atoms with van der Waals surface area (Å²) in [6.45, 7) is 0.0950. The second kappa shape index (κ2) is 7.40. The smallest absolute Gasteiger partial charge is 0.324 e. The first-order chi connectivity index (χ1) is 13.8. The van der Waals surface area contributed by atoms with Crippen molar-refractivity contribution < 1.29 is 18.0 Å². The maximum Gasteiger partial charge on any atom is 0.411 e. The van der Waals surface area contributed by atoms with E-state index in [2.05, 4.69) is 22.5 Å². The predicted molar refractivity (Wildman–Crippen MR) is 105 cm³/mol. The van der Waals surface area contributed by atoms with Crippen molar-refractivity contribution in [1.29, 1.82) is 0 Å². The quantitative estimate of drug-likeness (QED) is 0.711. The van der Waals surface area contributed by atoms with Crippen molar-refractivity contribution >= 4 is 23.2 Å². The summed E-state index contributed by atoms with van der Waals surface area (Å²) >= 11 is 6.04. The fourth-order valence-corrected chi connectivity index (χ4v) is 3.71. The van der Waals surface area contributed by atoms with E-state index in [9.17, 15) is 18.0 Å². The van der Waals surface area contributed by atoms with E-state index in [1.165, 1.54) is 18.2 Å². The molecular weight excluding hydrogens is 401 g/mol. The largest absolute Gasteiger partial charge is 0.411 e. The van der Waals surface area contributed by atoms with E-state index in [0.717, 1.165) is 18.4 Å². The lowest BCUT2D eigenvalue weighted by atomic mass is 9.70. The third-order valence-electron chi connectivity index (χ3n) is 5.21. The summed E-state index contributed by atoms with van der Waals surface area (Å²) < 4.78 is 44.0. The molecule has 4 rings (SSSR count). The summed E-state index contributed by atoms with van der Waals surface area (Å²) in [6, 6.07) is 11.4. The van der Waals surface area contributed by atoms with Crippen molar-refractivity contribution in [2.45, 2.75) is 37.0 Å². The topological polar surface area (TPSA) is 41.1 Å². The fourth-order valence-electron chi connectivity index (χ4n) is 3.54. The average Bonchev–Trinajstić information content (AvgIpc) is 3.50. The van der Waals surface area contributed by atoms with E-state index in [-0.39, 0.29) is 28.7 Å². The van der Waals surface area contributed by atoms with E-state index in [1.54, 1.807) is 24.3 Å². The normalized spacial score (nSPS) is 23.6. The van der Waals surface area contributed by atoms with Crippen LogP contribution in [-0.2, 0) is 16.8 Å². The first-order valence-electron chi connectivity index (χ1n) is 9.29. The van der Waals surface area contributed by atoms with Gasteiger partial charge in [-0.1, -0.05) is 53.8 Å². The maximum atomic E-state index is 14.7. The number of alkyl halides is 3. The number of carbonyl (C=O) groups excluding carboxylic acids is 1. The van der Waals surface area contributed by atoms with Crippen molar-refractivity contribution in [3.05, 3.63) is 64.7 Å². The molecule has 1 saturated carbocycles. The second-order valence-corrected chi connectivity index (χ2v) is 7.76. The standard InChI is InChI=1S/C22H18ClF3N2O/c23-16-8-9-18-17(12-16)21(22(24,25)26,11-10-14-6-7-14)19(20(29)28-18)27-13-15-4-2-1-3-5-15/h1-5,8-9,12,14,19,27H,6-7,13H2,(H,28,29)/t19-,21-/m0/s1. The Balaban J connectivity index is 1.84. The van der Waals surface area contributed by atoms with Gasteiger partial charge in [0.2, 0.25) is 5.91 Å². The lowest BCUT2D eigenvalue weighted by molar-refractivity contribution is -0.184. The molecule has 1 amide bonds. The van der Waals surface area contributed by atoms with Gasteiger partial charge in [0.25, 0.3) is 0 Å². The third-order valence-corrected chi connectivity index (χ3v) is 5.45. The Morgan fingerprint density at radius 1 is 1.17 bits per heavy atom. The van der Waals surface area contributed by atoms with Gasteiger partial charge in [0, 0.05) is 28.7 Å². The van der Waals surface area contributed by atoms with E-state index in [0.29, 0.717) is 0 Å². The van der Waals surface area contributed by atoms with Crippen molar-refractivity contribution in [2.24, 2.45) is 5.92 Å². The summed E-state index contributed by atoms with van der Waals surface area (Å²) in [6.07, 6.45) is -3.24. The van der Waals surface area contributed by atoms with Gasteiger partial charge in [0.1, 0.15) is 6.04 Å². The molecular formula is C22H18ClF3N2O. The van der Waals surface area contributed by atoms with Crippen LogP contribution in [0.2, 0.25) is 5.02 Å². The molecule has 1 aliphatic heterocycles. The molecule has 7 heteroatoms. The zero-order valence-corrected chi connectivity index (χ0v) is 16.1. The SMILES string of the molecule is O=C1Nc2ccc(Cl)cc2[C@](C#CC2CC2)(C(F)(F)F)[C@H]1NCc1ccccc1. The van der Waals surface area contributed by atoms with Gasteiger partial charge in [-0.3, -0.25) is 10.1 Å². The van der Waals surface area contributed by atoms with Crippen LogP contribution in [0.4, 0.5) is 18.9 Å². The van der Waals surface area contributed by atoms with Crippen LogP contribution in [0.5, 0.6) is 0 Å². The fraction of sp³-hybridized carbons (Fsp3) is 0.318. The molecule has 0 bridgehead atoms. The van der Waals surface area contributed by atoms with Crippen LogP contribution in [0.25, 0.3) is 0 Å². The monoisotopic (exact) mass is 418 g/mol. The highest BCUT2D eigenvalue weighted by Crippen LogP contribution is 2.49. The molecule has 29 heavy (non-hydrogen) atoms. The molecule has 2 aromatic carbocycles. The lowest BCUT2D eigenvalue weighted by Crippen LogP contribution is -2.63. The number of rotatable bonds is 3. The van der Waals surface area contributed by atoms with E-state index < -0.39 is 23.5 Å². The number of anilines is 1. The molecule has 0 spiro atoms. The number of hydrogen-bond donors (Lipinski definition) is 2. The zero-order chi connectivity index (χ0) is 20.6. The molecule has 2 atom stereocenters. The molecule has 0 aromatic heterocycles. The van der Waals surface area contributed by atoms with Gasteiger partial charge in [-0.25, -0.2) is 0 Å². The molecule has 2 N–H and O–H groups in total. The Kier molecular flexibility index (Phi) is 5.05. The second-order valence-electron chi connectivity index (χ2n) is 7.33. The van der Waals surface area contributed by atoms with Gasteiger partial charge in [-0.2, -0.15) is 13.2 Å². The Bertz CT molecular complexity index is 993. The molecule has 150 valence electrons. The van der Waals surface area contributed by atoms with Crippen LogP contribution in [0.15, 0.2) is 48.5 Å². The summed E-state index contributed by atoms with van der Waals surface area (Å²) in [5, 5.41) is 5.54. The molecule has 1 heterocycles.